The Balaban J connectivity index is 2.41. The van der Waals surface area contributed by atoms with Crippen molar-refractivity contribution in [3.63, 3.8) is 0 Å². The molecule has 1 aliphatic rings. The van der Waals surface area contributed by atoms with E-state index >= 15 is 0 Å². The lowest BCUT2D eigenvalue weighted by Gasteiger charge is -2.33. The third-order valence-corrected chi connectivity index (χ3v) is 3.48. The van der Waals surface area contributed by atoms with E-state index in [1.54, 1.807) is 0 Å². The molecule has 1 saturated heterocycles. The molecule has 15 heavy (non-hydrogen) atoms. The summed E-state index contributed by atoms with van der Waals surface area (Å²) in [6, 6.07) is 0.299. The van der Waals surface area contributed by atoms with Gasteiger partial charge in [0.2, 0.25) is 5.91 Å². The molecule has 0 aromatic heterocycles. The fourth-order valence-corrected chi connectivity index (χ4v) is 1.80. The maximum Gasteiger partial charge on any atom is 0.223 e. The molecule has 3 nitrogen and oxygen atoms in total. The molecule has 1 heterocycles. The number of rotatable bonds is 3. The SMILES string of the molecule is CCC(C)(C)CC(=O)N1CCC(N)CC1. The Kier molecular flexibility index (Phi) is 4.14. The van der Waals surface area contributed by atoms with Gasteiger partial charge in [-0.15, -0.1) is 0 Å². The van der Waals surface area contributed by atoms with Crippen LogP contribution in [0.15, 0.2) is 0 Å². The van der Waals surface area contributed by atoms with Crippen LogP contribution in [0, 0.1) is 5.41 Å². The van der Waals surface area contributed by atoms with Crippen molar-refractivity contribution in [3.8, 4) is 0 Å². The van der Waals surface area contributed by atoms with Crippen molar-refractivity contribution in [2.24, 2.45) is 11.1 Å². The lowest BCUT2D eigenvalue weighted by molar-refractivity contribution is -0.134. The first-order valence-corrected chi connectivity index (χ1v) is 5.98. The maximum atomic E-state index is 12.0. The fraction of sp³-hybridized carbons (Fsp3) is 0.917. The molecule has 1 aliphatic heterocycles. The molecule has 2 N–H and O–H groups in total. The molecule has 88 valence electrons. The van der Waals surface area contributed by atoms with Crippen molar-refractivity contribution in [3.05, 3.63) is 0 Å². The van der Waals surface area contributed by atoms with Gasteiger partial charge in [0.15, 0.2) is 0 Å². The monoisotopic (exact) mass is 212 g/mol. The molecule has 0 unspecified atom stereocenters. The van der Waals surface area contributed by atoms with E-state index < -0.39 is 0 Å². The highest BCUT2D eigenvalue weighted by Crippen LogP contribution is 2.26. The summed E-state index contributed by atoms with van der Waals surface area (Å²) in [5.41, 5.74) is 5.95. The van der Waals surface area contributed by atoms with Crippen LogP contribution < -0.4 is 5.73 Å². The zero-order valence-electron chi connectivity index (χ0n) is 10.3. The first-order chi connectivity index (χ1) is 6.94. The first kappa shape index (κ1) is 12.5. The standard InChI is InChI=1S/C12H24N2O/c1-4-12(2,3)9-11(15)14-7-5-10(13)6-8-14/h10H,4-9,13H2,1-3H3. The Morgan fingerprint density at radius 2 is 1.93 bits per heavy atom. The van der Waals surface area contributed by atoms with E-state index in [1.165, 1.54) is 0 Å². The molecular weight excluding hydrogens is 188 g/mol. The summed E-state index contributed by atoms with van der Waals surface area (Å²) in [5, 5.41) is 0. The highest BCUT2D eigenvalue weighted by Gasteiger charge is 2.25. The molecule has 0 aromatic carbocycles. The van der Waals surface area contributed by atoms with Crippen molar-refractivity contribution in [1.82, 2.24) is 4.90 Å². The van der Waals surface area contributed by atoms with E-state index in [0.29, 0.717) is 18.4 Å². The zero-order valence-corrected chi connectivity index (χ0v) is 10.3. The van der Waals surface area contributed by atoms with Gasteiger partial charge in [-0.1, -0.05) is 27.2 Å². The second-order valence-corrected chi connectivity index (χ2v) is 5.41. The number of carbonyl (C=O) groups is 1. The van der Waals surface area contributed by atoms with Crippen LogP contribution in [-0.4, -0.2) is 29.9 Å². The quantitative estimate of drug-likeness (QED) is 0.775. The molecule has 0 saturated carbocycles. The molecule has 0 atom stereocenters. The van der Waals surface area contributed by atoms with Crippen molar-refractivity contribution in [2.75, 3.05) is 13.1 Å². The predicted octanol–water partition coefficient (Wildman–Crippen LogP) is 1.76. The average molecular weight is 212 g/mol. The molecule has 0 aliphatic carbocycles. The Morgan fingerprint density at radius 1 is 1.40 bits per heavy atom. The lowest BCUT2D eigenvalue weighted by atomic mass is 9.86. The summed E-state index contributed by atoms with van der Waals surface area (Å²) in [7, 11) is 0. The molecule has 0 bridgehead atoms. The molecule has 0 radical (unpaired) electrons. The Labute approximate surface area is 93.0 Å². The minimum absolute atomic E-state index is 0.136. The smallest absolute Gasteiger partial charge is 0.223 e. The zero-order chi connectivity index (χ0) is 11.5. The molecule has 0 spiro atoms. The Bertz CT molecular complexity index is 218. The Morgan fingerprint density at radius 3 is 2.40 bits per heavy atom. The van der Waals surface area contributed by atoms with Crippen LogP contribution in [-0.2, 0) is 4.79 Å². The largest absolute Gasteiger partial charge is 0.343 e. The maximum absolute atomic E-state index is 12.0. The summed E-state index contributed by atoms with van der Waals surface area (Å²) in [5.74, 6) is 0.300. The van der Waals surface area contributed by atoms with E-state index in [0.717, 1.165) is 32.4 Å². The molecule has 0 aromatic rings. The molecule has 3 heteroatoms. The molecule has 1 rings (SSSR count). The number of likely N-dealkylation sites (tertiary alicyclic amines) is 1. The minimum Gasteiger partial charge on any atom is -0.343 e. The topological polar surface area (TPSA) is 46.3 Å². The molecule has 1 amide bonds. The van der Waals surface area contributed by atoms with Crippen LogP contribution in [0.25, 0.3) is 0 Å². The van der Waals surface area contributed by atoms with E-state index in [-0.39, 0.29) is 5.41 Å². The average Bonchev–Trinajstić information content (AvgIpc) is 2.18. The van der Waals surface area contributed by atoms with Gasteiger partial charge in [-0.2, -0.15) is 0 Å². The minimum atomic E-state index is 0.136. The van der Waals surface area contributed by atoms with Gasteiger partial charge < -0.3 is 10.6 Å². The highest BCUT2D eigenvalue weighted by atomic mass is 16.2. The molecule has 1 fully saturated rings. The van der Waals surface area contributed by atoms with E-state index in [1.807, 2.05) is 4.90 Å². The summed E-state index contributed by atoms with van der Waals surface area (Å²) >= 11 is 0. The second-order valence-electron chi connectivity index (χ2n) is 5.41. The van der Waals surface area contributed by atoms with E-state index in [2.05, 4.69) is 20.8 Å². The highest BCUT2D eigenvalue weighted by molar-refractivity contribution is 5.76. The summed E-state index contributed by atoms with van der Waals surface area (Å²) in [4.78, 5) is 13.9. The van der Waals surface area contributed by atoms with E-state index in [4.69, 9.17) is 5.73 Å². The third kappa shape index (κ3) is 3.82. The van der Waals surface area contributed by atoms with Crippen molar-refractivity contribution >= 4 is 5.91 Å². The van der Waals surface area contributed by atoms with Crippen LogP contribution in [0.5, 0.6) is 0 Å². The summed E-state index contributed by atoms with van der Waals surface area (Å²) < 4.78 is 0. The summed E-state index contributed by atoms with van der Waals surface area (Å²) in [6.45, 7) is 8.14. The van der Waals surface area contributed by atoms with Gasteiger partial charge in [0.25, 0.3) is 0 Å². The Hall–Kier alpha value is -0.570. The second kappa shape index (κ2) is 4.97. The van der Waals surface area contributed by atoms with Gasteiger partial charge >= 0.3 is 0 Å². The van der Waals surface area contributed by atoms with Gasteiger partial charge in [0.05, 0.1) is 0 Å². The van der Waals surface area contributed by atoms with Gasteiger partial charge in [0.1, 0.15) is 0 Å². The van der Waals surface area contributed by atoms with Crippen LogP contribution >= 0.6 is 0 Å². The number of hydrogen-bond acceptors (Lipinski definition) is 2. The number of carbonyl (C=O) groups excluding carboxylic acids is 1. The van der Waals surface area contributed by atoms with Gasteiger partial charge in [-0.05, 0) is 18.3 Å². The van der Waals surface area contributed by atoms with Gasteiger partial charge in [-0.25, -0.2) is 0 Å². The molecular formula is C12H24N2O. The number of amides is 1. The van der Waals surface area contributed by atoms with Crippen LogP contribution in [0.3, 0.4) is 0 Å². The van der Waals surface area contributed by atoms with Crippen LogP contribution in [0.2, 0.25) is 0 Å². The number of piperidine rings is 1. The number of nitrogens with zero attached hydrogens (tertiary/aromatic N) is 1. The van der Waals surface area contributed by atoms with Crippen molar-refractivity contribution in [2.45, 2.75) is 52.5 Å². The predicted molar refractivity (Wildman–Crippen MR) is 62.5 cm³/mol. The van der Waals surface area contributed by atoms with E-state index in [9.17, 15) is 4.79 Å². The lowest BCUT2D eigenvalue weighted by Crippen LogP contribution is -2.43. The first-order valence-electron chi connectivity index (χ1n) is 5.98. The third-order valence-electron chi connectivity index (χ3n) is 3.48. The van der Waals surface area contributed by atoms with Crippen LogP contribution in [0.4, 0.5) is 0 Å². The normalized spacial score (nSPS) is 19.3. The number of nitrogens with two attached hydrogens (primary N) is 1. The van der Waals surface area contributed by atoms with Crippen molar-refractivity contribution in [1.29, 1.82) is 0 Å². The van der Waals surface area contributed by atoms with Crippen LogP contribution in [0.1, 0.15) is 46.5 Å². The van der Waals surface area contributed by atoms with Gasteiger partial charge in [0, 0.05) is 25.6 Å². The van der Waals surface area contributed by atoms with Crippen molar-refractivity contribution < 1.29 is 4.79 Å². The fourth-order valence-electron chi connectivity index (χ4n) is 1.80. The number of hydrogen-bond donors (Lipinski definition) is 1. The van der Waals surface area contributed by atoms with Gasteiger partial charge in [-0.3, -0.25) is 4.79 Å². The summed E-state index contributed by atoms with van der Waals surface area (Å²) in [6.07, 6.45) is 3.63.